The molecule has 0 atom stereocenters. The van der Waals surface area contributed by atoms with Crippen LogP contribution in [0.1, 0.15) is 44.6 Å². The molecule has 0 saturated carbocycles. The predicted molar refractivity (Wildman–Crippen MR) is 83.1 cm³/mol. The number of nitrogens with zero attached hydrogens (tertiary/aromatic N) is 2. The molecule has 0 aliphatic heterocycles. The molecule has 1 aromatic carbocycles. The van der Waals surface area contributed by atoms with Crippen molar-refractivity contribution in [3.05, 3.63) is 33.9 Å². The average Bonchev–Trinajstić information content (AvgIpc) is 2.42. The summed E-state index contributed by atoms with van der Waals surface area (Å²) in [5.74, 6) is 6.19. The molecule has 0 aromatic heterocycles. The second kappa shape index (κ2) is 8.21. The lowest BCUT2D eigenvalue weighted by Crippen LogP contribution is -2.10. The summed E-state index contributed by atoms with van der Waals surface area (Å²) in [5.41, 5.74) is 1.72. The number of rotatable bonds is 6. The van der Waals surface area contributed by atoms with Crippen LogP contribution in [0.15, 0.2) is 18.2 Å². The van der Waals surface area contributed by atoms with Crippen molar-refractivity contribution in [3.8, 4) is 11.8 Å². The van der Waals surface area contributed by atoms with Crippen LogP contribution in [0, 0.1) is 22.0 Å². The van der Waals surface area contributed by atoms with E-state index in [0.29, 0.717) is 0 Å². The second-order valence-corrected chi connectivity index (χ2v) is 4.97. The van der Waals surface area contributed by atoms with Crippen molar-refractivity contribution in [1.29, 1.82) is 0 Å². The zero-order valence-electron chi connectivity index (χ0n) is 12.5. The number of benzene rings is 1. The van der Waals surface area contributed by atoms with Crippen molar-refractivity contribution in [2.75, 3.05) is 19.0 Å². The maximum Gasteiger partial charge on any atom is 0.270 e. The number of anilines is 1. The predicted octanol–water partition coefficient (Wildman–Crippen LogP) is 3.98. The summed E-state index contributed by atoms with van der Waals surface area (Å²) in [6.45, 7) is 2.18. The van der Waals surface area contributed by atoms with Gasteiger partial charge in [-0.2, -0.15) is 0 Å². The third-order valence-corrected chi connectivity index (χ3v) is 3.05. The Kier molecular flexibility index (Phi) is 6.58. The molecule has 0 bridgehead atoms. The van der Waals surface area contributed by atoms with E-state index in [1.54, 1.807) is 12.1 Å². The summed E-state index contributed by atoms with van der Waals surface area (Å²) in [4.78, 5) is 12.4. The van der Waals surface area contributed by atoms with Gasteiger partial charge in [-0.25, -0.2) is 0 Å². The minimum atomic E-state index is -0.383. The van der Waals surface area contributed by atoms with Gasteiger partial charge in [0.25, 0.3) is 5.69 Å². The average molecular weight is 274 g/mol. The van der Waals surface area contributed by atoms with E-state index in [1.165, 1.54) is 25.3 Å². The lowest BCUT2D eigenvalue weighted by atomic mass is 10.1. The first kappa shape index (κ1) is 16.0. The van der Waals surface area contributed by atoms with E-state index in [9.17, 15) is 10.1 Å². The van der Waals surface area contributed by atoms with E-state index in [2.05, 4.69) is 18.8 Å². The summed E-state index contributed by atoms with van der Waals surface area (Å²) in [7, 11) is 3.82. The molecule has 0 spiro atoms. The van der Waals surface area contributed by atoms with Crippen LogP contribution < -0.4 is 4.90 Å². The maximum atomic E-state index is 10.8. The summed E-state index contributed by atoms with van der Waals surface area (Å²) >= 11 is 0. The van der Waals surface area contributed by atoms with Gasteiger partial charge in [0.05, 0.1) is 16.2 Å². The van der Waals surface area contributed by atoms with Crippen LogP contribution in [0.5, 0.6) is 0 Å². The van der Waals surface area contributed by atoms with Gasteiger partial charge in [-0.05, 0) is 12.5 Å². The molecular weight excluding hydrogens is 252 g/mol. The number of nitro groups is 1. The molecule has 0 aliphatic rings. The van der Waals surface area contributed by atoms with Crippen molar-refractivity contribution in [1.82, 2.24) is 0 Å². The number of unbranched alkanes of at least 4 members (excludes halogenated alkanes) is 4. The summed E-state index contributed by atoms with van der Waals surface area (Å²) in [6, 6.07) is 4.81. The van der Waals surface area contributed by atoms with E-state index in [-0.39, 0.29) is 10.6 Å². The van der Waals surface area contributed by atoms with Crippen molar-refractivity contribution >= 4 is 11.4 Å². The molecule has 0 aliphatic carbocycles. The largest absolute Gasteiger partial charge is 0.377 e. The lowest BCUT2D eigenvalue weighted by Gasteiger charge is -2.14. The van der Waals surface area contributed by atoms with Crippen LogP contribution in [-0.2, 0) is 0 Å². The van der Waals surface area contributed by atoms with Crippen molar-refractivity contribution in [2.24, 2.45) is 0 Å². The molecule has 0 N–H and O–H groups in total. The van der Waals surface area contributed by atoms with Gasteiger partial charge in [0.1, 0.15) is 0 Å². The summed E-state index contributed by atoms with van der Waals surface area (Å²) in [5, 5.41) is 10.8. The highest BCUT2D eigenvalue weighted by Gasteiger charge is 2.10. The highest BCUT2D eigenvalue weighted by molar-refractivity contribution is 5.63. The standard InChI is InChI=1S/C16H22N2O2/c1-4-5-6-7-8-9-10-14-13-15(18(19)20)11-12-16(14)17(2)3/h11-13H,4-8H2,1-3H3. The van der Waals surface area contributed by atoms with E-state index < -0.39 is 0 Å². The molecule has 0 radical (unpaired) electrons. The number of non-ortho nitro benzene ring substituents is 1. The van der Waals surface area contributed by atoms with Gasteiger partial charge in [-0.3, -0.25) is 10.1 Å². The van der Waals surface area contributed by atoms with Crippen molar-refractivity contribution in [2.45, 2.75) is 39.0 Å². The molecule has 108 valence electrons. The second-order valence-electron chi connectivity index (χ2n) is 4.97. The minimum Gasteiger partial charge on any atom is -0.377 e. The van der Waals surface area contributed by atoms with Gasteiger partial charge in [0.15, 0.2) is 0 Å². The molecule has 0 fully saturated rings. The van der Waals surface area contributed by atoms with Crippen LogP contribution in [-0.4, -0.2) is 19.0 Å². The normalized spacial score (nSPS) is 9.75. The Morgan fingerprint density at radius 3 is 2.60 bits per heavy atom. The highest BCUT2D eigenvalue weighted by Crippen LogP contribution is 2.23. The van der Waals surface area contributed by atoms with Crippen LogP contribution in [0.2, 0.25) is 0 Å². The maximum absolute atomic E-state index is 10.8. The number of nitro benzene ring substituents is 1. The quantitative estimate of drug-likeness (QED) is 0.341. The fraction of sp³-hybridized carbons (Fsp3) is 0.500. The van der Waals surface area contributed by atoms with Gasteiger partial charge in [-0.1, -0.05) is 38.0 Å². The Morgan fingerprint density at radius 2 is 2.00 bits per heavy atom. The molecule has 20 heavy (non-hydrogen) atoms. The third kappa shape index (κ3) is 4.93. The highest BCUT2D eigenvalue weighted by atomic mass is 16.6. The zero-order valence-corrected chi connectivity index (χ0v) is 12.5. The van der Waals surface area contributed by atoms with Gasteiger partial charge in [0, 0.05) is 32.6 Å². The Bertz CT molecular complexity index is 513. The molecule has 4 heteroatoms. The Morgan fingerprint density at radius 1 is 1.25 bits per heavy atom. The molecule has 0 amide bonds. The van der Waals surface area contributed by atoms with Crippen molar-refractivity contribution in [3.63, 3.8) is 0 Å². The Labute approximate surface area is 120 Å². The van der Waals surface area contributed by atoms with E-state index in [4.69, 9.17) is 0 Å². The Balaban J connectivity index is 2.82. The molecule has 1 rings (SSSR count). The van der Waals surface area contributed by atoms with Crippen molar-refractivity contribution < 1.29 is 4.92 Å². The fourth-order valence-corrected chi connectivity index (χ4v) is 1.93. The first-order valence-electron chi connectivity index (χ1n) is 7.01. The minimum absolute atomic E-state index is 0.0888. The molecule has 0 heterocycles. The topological polar surface area (TPSA) is 46.4 Å². The summed E-state index contributed by atoms with van der Waals surface area (Å²) < 4.78 is 0. The first-order chi connectivity index (χ1) is 9.56. The number of hydrogen-bond donors (Lipinski definition) is 0. The third-order valence-electron chi connectivity index (χ3n) is 3.05. The van der Waals surface area contributed by atoms with E-state index >= 15 is 0 Å². The first-order valence-corrected chi connectivity index (χ1v) is 7.01. The SMILES string of the molecule is CCCCCCC#Cc1cc([N+](=O)[O-])ccc1N(C)C. The van der Waals surface area contributed by atoms with Gasteiger partial charge < -0.3 is 4.90 Å². The molecule has 0 unspecified atom stereocenters. The Hall–Kier alpha value is -2.02. The fourth-order valence-electron chi connectivity index (χ4n) is 1.93. The van der Waals surface area contributed by atoms with Crippen LogP contribution in [0.4, 0.5) is 11.4 Å². The zero-order chi connectivity index (χ0) is 15.0. The van der Waals surface area contributed by atoms with E-state index in [0.717, 1.165) is 24.1 Å². The molecule has 4 nitrogen and oxygen atoms in total. The summed E-state index contributed by atoms with van der Waals surface area (Å²) in [6.07, 6.45) is 5.58. The molecule has 1 aromatic rings. The lowest BCUT2D eigenvalue weighted by molar-refractivity contribution is -0.384. The molecule has 0 saturated heterocycles. The van der Waals surface area contributed by atoms with Gasteiger partial charge in [0.2, 0.25) is 0 Å². The van der Waals surface area contributed by atoms with Crippen LogP contribution in [0.25, 0.3) is 0 Å². The van der Waals surface area contributed by atoms with Gasteiger partial charge in [-0.15, -0.1) is 0 Å². The van der Waals surface area contributed by atoms with E-state index in [1.807, 2.05) is 19.0 Å². The molecular formula is C16H22N2O2. The van der Waals surface area contributed by atoms with Crippen LogP contribution in [0.3, 0.4) is 0 Å². The van der Waals surface area contributed by atoms with Gasteiger partial charge >= 0.3 is 0 Å². The van der Waals surface area contributed by atoms with Crippen LogP contribution >= 0.6 is 0 Å². The number of hydrogen-bond acceptors (Lipinski definition) is 3. The monoisotopic (exact) mass is 274 g/mol. The smallest absolute Gasteiger partial charge is 0.270 e.